The van der Waals surface area contributed by atoms with Crippen molar-refractivity contribution in [3.05, 3.63) is 23.2 Å². The first-order valence-electron chi connectivity index (χ1n) is 6.84. The molecule has 2 nitrogen and oxygen atoms in total. The first-order chi connectivity index (χ1) is 8.74. The highest BCUT2D eigenvalue weighted by atomic mass is 35.5. The molecule has 0 aromatic heterocycles. The van der Waals surface area contributed by atoms with Crippen molar-refractivity contribution in [1.29, 1.82) is 0 Å². The van der Waals surface area contributed by atoms with Gasteiger partial charge in [-0.25, -0.2) is 0 Å². The molecule has 1 aromatic carbocycles. The SMILES string of the molecule is CCC1CCCCC1Nc1cc(OC)ccc1Cl. The van der Waals surface area contributed by atoms with Gasteiger partial charge in [0.2, 0.25) is 0 Å². The van der Waals surface area contributed by atoms with Gasteiger partial charge in [-0.2, -0.15) is 0 Å². The average molecular weight is 268 g/mol. The molecule has 18 heavy (non-hydrogen) atoms. The summed E-state index contributed by atoms with van der Waals surface area (Å²) in [5.74, 6) is 1.62. The van der Waals surface area contributed by atoms with Crippen LogP contribution in [0, 0.1) is 5.92 Å². The molecule has 0 radical (unpaired) electrons. The first-order valence-corrected chi connectivity index (χ1v) is 7.22. The van der Waals surface area contributed by atoms with Gasteiger partial charge >= 0.3 is 0 Å². The molecule has 0 spiro atoms. The van der Waals surface area contributed by atoms with Crippen molar-refractivity contribution in [2.45, 2.75) is 45.1 Å². The van der Waals surface area contributed by atoms with E-state index < -0.39 is 0 Å². The Bertz CT molecular complexity index is 394. The van der Waals surface area contributed by atoms with Crippen LogP contribution >= 0.6 is 11.6 Å². The lowest BCUT2D eigenvalue weighted by atomic mass is 9.83. The number of nitrogens with one attached hydrogen (secondary N) is 1. The first kappa shape index (κ1) is 13.5. The van der Waals surface area contributed by atoms with Crippen molar-refractivity contribution < 1.29 is 4.74 Å². The zero-order chi connectivity index (χ0) is 13.0. The largest absolute Gasteiger partial charge is 0.497 e. The average Bonchev–Trinajstić information content (AvgIpc) is 2.42. The highest BCUT2D eigenvalue weighted by molar-refractivity contribution is 6.33. The van der Waals surface area contributed by atoms with Crippen LogP contribution in [0.4, 0.5) is 5.69 Å². The van der Waals surface area contributed by atoms with Crippen LogP contribution < -0.4 is 10.1 Å². The van der Waals surface area contributed by atoms with Gasteiger partial charge in [-0.05, 0) is 30.9 Å². The Morgan fingerprint density at radius 3 is 2.83 bits per heavy atom. The molecular weight excluding hydrogens is 246 g/mol. The van der Waals surface area contributed by atoms with Crippen molar-refractivity contribution in [3.8, 4) is 5.75 Å². The fraction of sp³-hybridized carbons (Fsp3) is 0.600. The number of anilines is 1. The number of hydrogen-bond donors (Lipinski definition) is 1. The van der Waals surface area contributed by atoms with Crippen LogP contribution in [0.2, 0.25) is 5.02 Å². The summed E-state index contributed by atoms with van der Waals surface area (Å²) in [6, 6.07) is 6.33. The zero-order valence-corrected chi connectivity index (χ0v) is 12.0. The lowest BCUT2D eigenvalue weighted by Crippen LogP contribution is -2.31. The summed E-state index contributed by atoms with van der Waals surface area (Å²) in [5, 5.41) is 4.39. The summed E-state index contributed by atoms with van der Waals surface area (Å²) in [5.41, 5.74) is 1.00. The highest BCUT2D eigenvalue weighted by Gasteiger charge is 2.23. The molecule has 0 saturated heterocycles. The van der Waals surface area contributed by atoms with Crippen molar-refractivity contribution in [2.75, 3.05) is 12.4 Å². The lowest BCUT2D eigenvalue weighted by Gasteiger charge is -2.32. The van der Waals surface area contributed by atoms with E-state index in [-0.39, 0.29) is 0 Å². The predicted molar refractivity (Wildman–Crippen MR) is 77.7 cm³/mol. The Morgan fingerprint density at radius 1 is 1.33 bits per heavy atom. The summed E-state index contributed by atoms with van der Waals surface area (Å²) < 4.78 is 5.25. The standard InChI is InChI=1S/C15H22ClNO/c1-3-11-6-4-5-7-14(11)17-15-10-12(18-2)8-9-13(15)16/h8-11,14,17H,3-7H2,1-2H3. The number of benzene rings is 1. The van der Waals surface area contributed by atoms with E-state index in [4.69, 9.17) is 16.3 Å². The molecule has 0 heterocycles. The van der Waals surface area contributed by atoms with E-state index in [1.165, 1.54) is 32.1 Å². The van der Waals surface area contributed by atoms with Crippen LogP contribution in [0.3, 0.4) is 0 Å². The molecule has 1 aliphatic rings. The summed E-state index contributed by atoms with van der Waals surface area (Å²) in [6.45, 7) is 2.28. The van der Waals surface area contributed by atoms with Crippen LogP contribution in [0.15, 0.2) is 18.2 Å². The molecule has 1 aliphatic carbocycles. The van der Waals surface area contributed by atoms with Gasteiger partial charge in [-0.1, -0.05) is 37.8 Å². The molecule has 1 aromatic rings. The minimum Gasteiger partial charge on any atom is -0.497 e. The van der Waals surface area contributed by atoms with E-state index in [0.717, 1.165) is 22.4 Å². The predicted octanol–water partition coefficient (Wildman–Crippen LogP) is 4.73. The minimum absolute atomic E-state index is 0.549. The Kier molecular flexibility index (Phi) is 4.76. The fourth-order valence-corrected chi connectivity index (χ4v) is 3.00. The fourth-order valence-electron chi connectivity index (χ4n) is 2.83. The third kappa shape index (κ3) is 3.11. The summed E-state index contributed by atoms with van der Waals surface area (Å²) in [6.07, 6.45) is 6.49. The second kappa shape index (κ2) is 6.33. The molecule has 1 N–H and O–H groups in total. The maximum absolute atomic E-state index is 6.25. The van der Waals surface area contributed by atoms with Crippen LogP contribution in [0.5, 0.6) is 5.75 Å². The molecule has 2 rings (SSSR count). The van der Waals surface area contributed by atoms with Gasteiger partial charge < -0.3 is 10.1 Å². The van der Waals surface area contributed by atoms with Gasteiger partial charge in [-0.15, -0.1) is 0 Å². The number of hydrogen-bond acceptors (Lipinski definition) is 2. The van der Waals surface area contributed by atoms with E-state index in [9.17, 15) is 0 Å². The molecule has 1 saturated carbocycles. The second-order valence-corrected chi connectivity index (χ2v) is 5.46. The number of halogens is 1. The molecule has 3 heteroatoms. The van der Waals surface area contributed by atoms with Crippen molar-refractivity contribution in [2.24, 2.45) is 5.92 Å². The summed E-state index contributed by atoms with van der Waals surface area (Å²) in [4.78, 5) is 0. The van der Waals surface area contributed by atoms with E-state index in [2.05, 4.69) is 12.2 Å². The van der Waals surface area contributed by atoms with Gasteiger partial charge in [0.15, 0.2) is 0 Å². The lowest BCUT2D eigenvalue weighted by molar-refractivity contribution is 0.317. The van der Waals surface area contributed by atoms with Crippen LogP contribution in [0.1, 0.15) is 39.0 Å². The molecular formula is C15H22ClNO. The molecule has 0 bridgehead atoms. The second-order valence-electron chi connectivity index (χ2n) is 5.05. The van der Waals surface area contributed by atoms with E-state index in [1.807, 2.05) is 18.2 Å². The molecule has 2 unspecified atom stereocenters. The molecule has 0 amide bonds. The minimum atomic E-state index is 0.549. The monoisotopic (exact) mass is 267 g/mol. The zero-order valence-electron chi connectivity index (χ0n) is 11.2. The Morgan fingerprint density at radius 2 is 2.11 bits per heavy atom. The Balaban J connectivity index is 2.11. The third-order valence-electron chi connectivity index (χ3n) is 3.95. The van der Waals surface area contributed by atoms with Crippen molar-refractivity contribution in [3.63, 3.8) is 0 Å². The topological polar surface area (TPSA) is 21.3 Å². The van der Waals surface area contributed by atoms with E-state index in [0.29, 0.717) is 6.04 Å². The van der Waals surface area contributed by atoms with E-state index in [1.54, 1.807) is 7.11 Å². The molecule has 1 fully saturated rings. The van der Waals surface area contributed by atoms with Crippen LogP contribution in [-0.4, -0.2) is 13.2 Å². The van der Waals surface area contributed by atoms with Crippen LogP contribution in [-0.2, 0) is 0 Å². The highest BCUT2D eigenvalue weighted by Crippen LogP contribution is 2.33. The molecule has 2 atom stereocenters. The quantitative estimate of drug-likeness (QED) is 0.852. The van der Waals surface area contributed by atoms with Gasteiger partial charge in [-0.3, -0.25) is 0 Å². The normalized spacial score (nSPS) is 23.7. The van der Waals surface area contributed by atoms with Gasteiger partial charge in [0.25, 0.3) is 0 Å². The maximum atomic E-state index is 6.25. The van der Waals surface area contributed by atoms with Gasteiger partial charge in [0.1, 0.15) is 5.75 Å². The number of ether oxygens (including phenoxy) is 1. The van der Waals surface area contributed by atoms with Crippen LogP contribution in [0.25, 0.3) is 0 Å². The van der Waals surface area contributed by atoms with Crippen molar-refractivity contribution in [1.82, 2.24) is 0 Å². The third-order valence-corrected chi connectivity index (χ3v) is 4.28. The number of rotatable bonds is 4. The van der Waals surface area contributed by atoms with Gasteiger partial charge in [0, 0.05) is 12.1 Å². The maximum Gasteiger partial charge on any atom is 0.121 e. The number of methoxy groups -OCH3 is 1. The Hall–Kier alpha value is -0.890. The summed E-state index contributed by atoms with van der Waals surface area (Å²) in [7, 11) is 1.68. The molecule has 0 aliphatic heterocycles. The van der Waals surface area contributed by atoms with Crippen molar-refractivity contribution >= 4 is 17.3 Å². The van der Waals surface area contributed by atoms with Gasteiger partial charge in [0.05, 0.1) is 17.8 Å². The smallest absolute Gasteiger partial charge is 0.121 e. The summed E-state index contributed by atoms with van der Waals surface area (Å²) >= 11 is 6.25. The molecule has 100 valence electrons. The Labute approximate surface area is 115 Å². The van der Waals surface area contributed by atoms with E-state index >= 15 is 0 Å².